The number of rotatable bonds is 2. The molecular formula is C17H12O5. The molecule has 5 nitrogen and oxygen atoms in total. The quantitative estimate of drug-likeness (QED) is 0.652. The number of benzene rings is 2. The number of aromatic hydroxyl groups is 1. The van der Waals surface area contributed by atoms with E-state index in [1.807, 2.05) is 0 Å². The topological polar surface area (TPSA) is 91.7 Å². The van der Waals surface area contributed by atoms with Crippen molar-refractivity contribution in [3.8, 4) is 5.75 Å². The van der Waals surface area contributed by atoms with E-state index in [9.17, 15) is 24.6 Å². The normalized spacial score (nSPS) is 15.7. The van der Waals surface area contributed by atoms with Crippen LogP contribution in [0.5, 0.6) is 5.75 Å². The summed E-state index contributed by atoms with van der Waals surface area (Å²) in [6.45, 7) is 1.32. The Hall–Kier alpha value is -2.79. The average Bonchev–Trinajstić information content (AvgIpc) is 2.70. The van der Waals surface area contributed by atoms with Crippen LogP contribution in [0, 0.1) is 0 Å². The third-order valence-corrected chi connectivity index (χ3v) is 3.87. The van der Waals surface area contributed by atoms with Crippen molar-refractivity contribution >= 4 is 17.3 Å². The number of hydrogen-bond donors (Lipinski definition) is 2. The van der Waals surface area contributed by atoms with Crippen LogP contribution in [0.3, 0.4) is 0 Å². The zero-order valence-corrected chi connectivity index (χ0v) is 11.7. The number of Topliss-reactive ketones (excluding diaryl/α,β-unsaturated/α-hetero) is 3. The number of phenolic OH excluding ortho intramolecular Hbond substituents is 1. The molecule has 1 aliphatic carbocycles. The second kappa shape index (κ2) is 4.61. The lowest BCUT2D eigenvalue weighted by atomic mass is 9.87. The fourth-order valence-corrected chi connectivity index (χ4v) is 2.67. The van der Waals surface area contributed by atoms with Crippen molar-refractivity contribution in [3.05, 3.63) is 64.7 Å². The van der Waals surface area contributed by atoms with Crippen molar-refractivity contribution in [3.63, 3.8) is 0 Å². The number of fused-ring (bicyclic) bond motifs is 1. The molecule has 2 aromatic carbocycles. The molecule has 0 spiro atoms. The van der Waals surface area contributed by atoms with Crippen LogP contribution in [0.25, 0.3) is 0 Å². The molecule has 0 unspecified atom stereocenters. The van der Waals surface area contributed by atoms with Crippen molar-refractivity contribution in [2.24, 2.45) is 0 Å². The van der Waals surface area contributed by atoms with Gasteiger partial charge in [0, 0.05) is 22.3 Å². The molecule has 2 aromatic rings. The van der Waals surface area contributed by atoms with Gasteiger partial charge in [0.05, 0.1) is 0 Å². The van der Waals surface area contributed by atoms with Crippen LogP contribution in [-0.4, -0.2) is 27.6 Å². The van der Waals surface area contributed by atoms with Crippen molar-refractivity contribution in [1.29, 1.82) is 0 Å². The van der Waals surface area contributed by atoms with E-state index in [1.165, 1.54) is 31.2 Å². The molecule has 0 bridgehead atoms. The fraction of sp³-hybridized carbons (Fsp3) is 0.118. The Bertz CT molecular complexity index is 800. The van der Waals surface area contributed by atoms with Gasteiger partial charge < -0.3 is 10.2 Å². The first kappa shape index (κ1) is 14.2. The maximum atomic E-state index is 12.5. The molecule has 2 N–H and O–H groups in total. The third kappa shape index (κ3) is 1.72. The Morgan fingerprint density at radius 1 is 1.00 bits per heavy atom. The fourth-order valence-electron chi connectivity index (χ4n) is 2.67. The smallest absolute Gasteiger partial charge is 0.220 e. The van der Waals surface area contributed by atoms with E-state index in [0.717, 1.165) is 6.07 Å². The molecule has 110 valence electrons. The maximum Gasteiger partial charge on any atom is 0.220 e. The van der Waals surface area contributed by atoms with Gasteiger partial charge in [-0.15, -0.1) is 0 Å². The molecule has 0 fully saturated rings. The second-order valence-electron chi connectivity index (χ2n) is 5.20. The Balaban J connectivity index is 2.19. The van der Waals surface area contributed by atoms with Gasteiger partial charge >= 0.3 is 0 Å². The maximum absolute atomic E-state index is 12.5. The molecule has 1 aliphatic rings. The number of carbonyl (C=O) groups excluding carboxylic acids is 3. The van der Waals surface area contributed by atoms with Crippen LogP contribution >= 0.6 is 0 Å². The molecule has 0 aliphatic heterocycles. The predicted molar refractivity (Wildman–Crippen MR) is 77.1 cm³/mol. The molecule has 22 heavy (non-hydrogen) atoms. The summed E-state index contributed by atoms with van der Waals surface area (Å²) in [5.74, 6) is -2.30. The molecule has 0 radical (unpaired) electrons. The molecule has 3 rings (SSSR count). The van der Waals surface area contributed by atoms with Gasteiger partial charge in [-0.25, -0.2) is 0 Å². The van der Waals surface area contributed by atoms with Crippen molar-refractivity contribution < 1.29 is 24.6 Å². The molecular weight excluding hydrogens is 284 g/mol. The largest absolute Gasteiger partial charge is 0.508 e. The minimum Gasteiger partial charge on any atom is -0.508 e. The Morgan fingerprint density at radius 3 is 2.00 bits per heavy atom. The van der Waals surface area contributed by atoms with Crippen molar-refractivity contribution in [2.75, 3.05) is 0 Å². The summed E-state index contributed by atoms with van der Waals surface area (Å²) in [7, 11) is 0. The lowest BCUT2D eigenvalue weighted by molar-refractivity contribution is 0.0312. The van der Waals surface area contributed by atoms with Crippen LogP contribution in [0.1, 0.15) is 43.6 Å². The van der Waals surface area contributed by atoms with E-state index in [0.29, 0.717) is 0 Å². The number of ketones is 3. The molecule has 0 saturated heterocycles. The van der Waals surface area contributed by atoms with E-state index in [-0.39, 0.29) is 28.0 Å². The molecule has 0 amide bonds. The molecule has 0 atom stereocenters. The number of hydrogen-bond acceptors (Lipinski definition) is 5. The van der Waals surface area contributed by atoms with E-state index < -0.39 is 22.9 Å². The third-order valence-electron chi connectivity index (χ3n) is 3.87. The van der Waals surface area contributed by atoms with Gasteiger partial charge in [0.2, 0.25) is 17.2 Å². The van der Waals surface area contributed by atoms with E-state index >= 15 is 0 Å². The molecule has 0 heterocycles. The second-order valence-corrected chi connectivity index (χ2v) is 5.20. The van der Waals surface area contributed by atoms with Gasteiger partial charge in [0.1, 0.15) is 5.75 Å². The number of phenols is 1. The van der Waals surface area contributed by atoms with Crippen molar-refractivity contribution in [1.82, 2.24) is 0 Å². The van der Waals surface area contributed by atoms with Gasteiger partial charge in [-0.1, -0.05) is 36.4 Å². The summed E-state index contributed by atoms with van der Waals surface area (Å²) >= 11 is 0. The van der Waals surface area contributed by atoms with Gasteiger partial charge in [0.25, 0.3) is 0 Å². The summed E-state index contributed by atoms with van der Waals surface area (Å²) in [5, 5.41) is 20.8. The number of aliphatic hydroxyl groups is 1. The minimum absolute atomic E-state index is 0.116. The first-order valence-electron chi connectivity index (χ1n) is 6.62. The zero-order chi connectivity index (χ0) is 16.1. The summed E-state index contributed by atoms with van der Waals surface area (Å²) in [5.41, 5.74) is -2.22. The Labute approximate surface area is 125 Å². The van der Waals surface area contributed by atoms with Gasteiger partial charge in [-0.2, -0.15) is 0 Å². The summed E-state index contributed by atoms with van der Waals surface area (Å²) < 4.78 is 0. The first-order valence-corrected chi connectivity index (χ1v) is 6.62. The van der Waals surface area contributed by atoms with E-state index in [4.69, 9.17) is 0 Å². The Kier molecular flexibility index (Phi) is 2.97. The monoisotopic (exact) mass is 296 g/mol. The van der Waals surface area contributed by atoms with Gasteiger partial charge in [-0.05, 0) is 13.0 Å². The van der Waals surface area contributed by atoms with E-state index in [2.05, 4.69) is 0 Å². The van der Waals surface area contributed by atoms with Crippen LogP contribution in [0.4, 0.5) is 0 Å². The van der Waals surface area contributed by atoms with Crippen LogP contribution in [-0.2, 0) is 5.60 Å². The van der Waals surface area contributed by atoms with Gasteiger partial charge in [0.15, 0.2) is 5.78 Å². The average molecular weight is 296 g/mol. The van der Waals surface area contributed by atoms with Crippen LogP contribution in [0.15, 0.2) is 42.5 Å². The van der Waals surface area contributed by atoms with E-state index in [1.54, 1.807) is 12.1 Å². The standard InChI is InChI=1S/C17H12O5/c1-9(18)10-6-7-13(14(19)8-10)17(22)15(20)11-4-2-3-5-12(11)16(17)21/h2-8,19,22H,1H3. The molecule has 0 aromatic heterocycles. The first-order chi connectivity index (χ1) is 10.4. The minimum atomic E-state index is -2.46. The SMILES string of the molecule is CC(=O)c1ccc(C2(O)C(=O)c3ccccc3C2=O)c(O)c1. The highest BCUT2D eigenvalue weighted by Gasteiger charge is 2.54. The summed E-state index contributed by atoms with van der Waals surface area (Å²) in [4.78, 5) is 36.2. The lowest BCUT2D eigenvalue weighted by Gasteiger charge is -2.20. The number of carbonyl (C=O) groups is 3. The summed E-state index contributed by atoms with van der Waals surface area (Å²) in [6, 6.07) is 9.82. The highest BCUT2D eigenvalue weighted by molar-refractivity contribution is 6.32. The Morgan fingerprint density at radius 2 is 1.55 bits per heavy atom. The highest BCUT2D eigenvalue weighted by Crippen LogP contribution is 2.41. The van der Waals surface area contributed by atoms with Gasteiger partial charge in [-0.3, -0.25) is 14.4 Å². The predicted octanol–water partition coefficient (Wildman–Crippen LogP) is 1.86. The van der Waals surface area contributed by atoms with Crippen molar-refractivity contribution in [2.45, 2.75) is 12.5 Å². The summed E-state index contributed by atoms with van der Waals surface area (Å²) in [6.07, 6.45) is 0. The molecule has 0 saturated carbocycles. The van der Waals surface area contributed by atoms with Crippen LogP contribution in [0.2, 0.25) is 0 Å². The zero-order valence-electron chi connectivity index (χ0n) is 11.7. The highest BCUT2D eigenvalue weighted by atomic mass is 16.3. The van der Waals surface area contributed by atoms with Crippen LogP contribution < -0.4 is 0 Å². The lowest BCUT2D eigenvalue weighted by Crippen LogP contribution is -2.38. The molecule has 5 heteroatoms.